The molecule has 3 rings (SSSR count). The average Bonchev–Trinajstić information content (AvgIpc) is 2.68. The van der Waals surface area contributed by atoms with Gasteiger partial charge in [0.25, 0.3) is 0 Å². The first-order valence-electron chi connectivity index (χ1n) is 8.57. The number of nitrogen functional groups attached to an aromatic ring is 1. The molecular weight excluding hydrogens is 374 g/mol. The second kappa shape index (κ2) is 8.65. The van der Waals surface area contributed by atoms with Crippen LogP contribution in [0.2, 0.25) is 0 Å². The van der Waals surface area contributed by atoms with Crippen molar-refractivity contribution in [3.8, 4) is 0 Å². The maximum atomic E-state index is 12.2. The van der Waals surface area contributed by atoms with E-state index in [-0.39, 0.29) is 24.3 Å². The van der Waals surface area contributed by atoms with Gasteiger partial charge in [-0.1, -0.05) is 18.2 Å². The summed E-state index contributed by atoms with van der Waals surface area (Å²) in [6.07, 6.45) is 0. The highest BCUT2D eigenvalue weighted by molar-refractivity contribution is 5.91. The van der Waals surface area contributed by atoms with Gasteiger partial charge in [-0.25, -0.2) is 9.59 Å². The fourth-order valence-electron chi connectivity index (χ4n) is 2.44. The Hall–Kier alpha value is -4.21. The number of nitrogens with zero attached hydrogens (tertiary/aromatic N) is 3. The average molecular weight is 393 g/mol. The second-order valence-corrected chi connectivity index (χ2v) is 6.02. The van der Waals surface area contributed by atoms with E-state index in [1.54, 1.807) is 0 Å². The third kappa shape index (κ3) is 5.39. The van der Waals surface area contributed by atoms with Crippen LogP contribution in [0.25, 0.3) is 0 Å². The Labute approximate surface area is 166 Å². The summed E-state index contributed by atoms with van der Waals surface area (Å²) in [5.41, 5.74) is 13.4. The molecule has 2 aromatic carbocycles. The van der Waals surface area contributed by atoms with E-state index in [0.717, 1.165) is 11.3 Å². The van der Waals surface area contributed by atoms with Gasteiger partial charge in [0.15, 0.2) is 12.4 Å². The SMILES string of the molecule is Cc1ccccc1Nc1nc(N)nc(COC(=O)c2ccc(NC(N)=O)cc2)n1. The number of carbonyl (C=O) groups is 2. The Morgan fingerprint density at radius 2 is 1.76 bits per heavy atom. The van der Waals surface area contributed by atoms with Crippen LogP contribution < -0.4 is 22.1 Å². The standard InChI is InChI=1S/C19H19N7O3/c1-11-4-2-3-5-14(11)23-19-25-15(24-17(20)26-19)10-29-16(27)12-6-8-13(9-7-12)22-18(21)28/h2-9H,10H2,1H3,(H3,21,22,28)(H3,20,23,24,25,26). The van der Waals surface area contributed by atoms with Crippen LogP contribution in [0.5, 0.6) is 0 Å². The maximum absolute atomic E-state index is 12.2. The predicted octanol–water partition coefficient (Wildman–Crippen LogP) is 2.35. The third-order valence-electron chi connectivity index (χ3n) is 3.81. The number of urea groups is 1. The molecule has 2 amide bonds. The number of nitrogens with one attached hydrogen (secondary N) is 2. The minimum Gasteiger partial charge on any atom is -0.454 e. The zero-order valence-corrected chi connectivity index (χ0v) is 15.5. The van der Waals surface area contributed by atoms with Crippen LogP contribution in [0.3, 0.4) is 0 Å². The number of carbonyl (C=O) groups excluding carboxylic acids is 2. The molecule has 0 aliphatic heterocycles. The van der Waals surface area contributed by atoms with Gasteiger partial charge in [-0.2, -0.15) is 15.0 Å². The molecule has 1 aromatic heterocycles. The van der Waals surface area contributed by atoms with Crippen molar-refractivity contribution < 1.29 is 14.3 Å². The van der Waals surface area contributed by atoms with Crippen molar-refractivity contribution in [3.05, 3.63) is 65.5 Å². The molecule has 0 saturated carbocycles. The fourth-order valence-corrected chi connectivity index (χ4v) is 2.44. The molecule has 0 aliphatic carbocycles. The minimum absolute atomic E-state index is 0.00371. The molecule has 10 heteroatoms. The number of hydrogen-bond acceptors (Lipinski definition) is 8. The Morgan fingerprint density at radius 1 is 1.03 bits per heavy atom. The van der Waals surface area contributed by atoms with E-state index in [9.17, 15) is 9.59 Å². The highest BCUT2D eigenvalue weighted by atomic mass is 16.5. The van der Waals surface area contributed by atoms with Gasteiger partial charge < -0.3 is 26.8 Å². The number of amides is 2. The van der Waals surface area contributed by atoms with Crippen LogP contribution in [-0.2, 0) is 11.3 Å². The summed E-state index contributed by atoms with van der Waals surface area (Å²) >= 11 is 0. The minimum atomic E-state index is -0.692. The van der Waals surface area contributed by atoms with Crippen LogP contribution in [0.15, 0.2) is 48.5 Å². The van der Waals surface area contributed by atoms with Gasteiger partial charge in [-0.3, -0.25) is 0 Å². The number of ether oxygens (including phenoxy) is 1. The Morgan fingerprint density at radius 3 is 2.45 bits per heavy atom. The summed E-state index contributed by atoms with van der Waals surface area (Å²) in [7, 11) is 0. The fraction of sp³-hybridized carbons (Fsp3) is 0.105. The molecule has 6 N–H and O–H groups in total. The largest absolute Gasteiger partial charge is 0.454 e. The van der Waals surface area contributed by atoms with Crippen molar-refractivity contribution in [2.24, 2.45) is 5.73 Å². The number of esters is 1. The highest BCUT2D eigenvalue weighted by Crippen LogP contribution is 2.18. The summed E-state index contributed by atoms with van der Waals surface area (Å²) in [4.78, 5) is 35.3. The molecule has 0 radical (unpaired) electrons. The third-order valence-corrected chi connectivity index (χ3v) is 3.81. The summed E-state index contributed by atoms with van der Waals surface area (Å²) < 4.78 is 5.23. The van der Waals surface area contributed by atoms with E-state index in [4.69, 9.17) is 16.2 Å². The van der Waals surface area contributed by atoms with Gasteiger partial charge in [0, 0.05) is 11.4 Å². The van der Waals surface area contributed by atoms with Crippen LogP contribution in [0.1, 0.15) is 21.7 Å². The van der Waals surface area contributed by atoms with Crippen LogP contribution in [0, 0.1) is 6.92 Å². The summed E-state index contributed by atoms with van der Waals surface area (Å²) in [6.45, 7) is 1.76. The monoisotopic (exact) mass is 393 g/mol. The number of hydrogen-bond donors (Lipinski definition) is 4. The molecule has 3 aromatic rings. The number of rotatable bonds is 6. The van der Waals surface area contributed by atoms with Crippen molar-refractivity contribution >= 4 is 35.3 Å². The van der Waals surface area contributed by atoms with E-state index in [2.05, 4.69) is 25.6 Å². The lowest BCUT2D eigenvalue weighted by Crippen LogP contribution is -2.19. The molecular formula is C19H19N7O3. The maximum Gasteiger partial charge on any atom is 0.338 e. The van der Waals surface area contributed by atoms with Crippen LogP contribution in [0.4, 0.5) is 28.1 Å². The van der Waals surface area contributed by atoms with E-state index in [0.29, 0.717) is 11.3 Å². The zero-order valence-electron chi connectivity index (χ0n) is 15.5. The normalized spacial score (nSPS) is 10.2. The molecule has 0 spiro atoms. The van der Waals surface area contributed by atoms with Crippen molar-refractivity contribution in [1.29, 1.82) is 0 Å². The number of primary amides is 1. The van der Waals surface area contributed by atoms with Gasteiger partial charge >= 0.3 is 12.0 Å². The molecule has 0 fully saturated rings. The Bertz CT molecular complexity index is 1040. The van der Waals surface area contributed by atoms with Gasteiger partial charge in [0.2, 0.25) is 11.9 Å². The number of aryl methyl sites for hydroxylation is 1. The molecule has 0 atom stereocenters. The molecule has 0 saturated heterocycles. The first-order chi connectivity index (χ1) is 13.9. The van der Waals surface area contributed by atoms with E-state index >= 15 is 0 Å². The highest BCUT2D eigenvalue weighted by Gasteiger charge is 2.11. The number of para-hydroxylation sites is 1. The Kier molecular flexibility index (Phi) is 5.83. The number of benzene rings is 2. The van der Waals surface area contributed by atoms with E-state index < -0.39 is 12.0 Å². The smallest absolute Gasteiger partial charge is 0.338 e. The van der Waals surface area contributed by atoms with Gasteiger partial charge in [0.05, 0.1) is 5.56 Å². The Balaban J connectivity index is 1.65. The van der Waals surface area contributed by atoms with E-state index in [1.807, 2.05) is 31.2 Å². The second-order valence-electron chi connectivity index (χ2n) is 6.02. The molecule has 10 nitrogen and oxygen atoms in total. The summed E-state index contributed by atoms with van der Waals surface area (Å²) in [5.74, 6) is -0.124. The quantitative estimate of drug-likeness (QED) is 0.465. The summed E-state index contributed by atoms with van der Waals surface area (Å²) in [5, 5.41) is 5.47. The molecule has 148 valence electrons. The van der Waals surface area contributed by atoms with Crippen LogP contribution in [-0.4, -0.2) is 27.0 Å². The first kappa shape index (κ1) is 19.5. The zero-order chi connectivity index (χ0) is 20.8. The van der Waals surface area contributed by atoms with Crippen LogP contribution >= 0.6 is 0 Å². The van der Waals surface area contributed by atoms with Crippen molar-refractivity contribution in [2.45, 2.75) is 13.5 Å². The molecule has 0 unspecified atom stereocenters. The molecule has 0 aliphatic rings. The van der Waals surface area contributed by atoms with E-state index in [1.165, 1.54) is 24.3 Å². The molecule has 29 heavy (non-hydrogen) atoms. The number of aromatic nitrogens is 3. The lowest BCUT2D eigenvalue weighted by molar-refractivity contribution is 0.0462. The summed E-state index contributed by atoms with van der Waals surface area (Å²) in [6, 6.07) is 13.0. The molecule has 1 heterocycles. The van der Waals surface area contributed by atoms with Gasteiger partial charge in [0.1, 0.15) is 0 Å². The predicted molar refractivity (Wildman–Crippen MR) is 107 cm³/mol. The van der Waals surface area contributed by atoms with Crippen molar-refractivity contribution in [3.63, 3.8) is 0 Å². The van der Waals surface area contributed by atoms with Gasteiger partial charge in [-0.15, -0.1) is 0 Å². The van der Waals surface area contributed by atoms with Gasteiger partial charge in [-0.05, 0) is 42.8 Å². The number of nitrogens with two attached hydrogens (primary N) is 2. The lowest BCUT2D eigenvalue weighted by atomic mass is 10.2. The first-order valence-corrected chi connectivity index (χ1v) is 8.57. The lowest BCUT2D eigenvalue weighted by Gasteiger charge is -2.10. The number of anilines is 4. The van der Waals surface area contributed by atoms with Crippen molar-refractivity contribution in [2.75, 3.05) is 16.4 Å². The topological polar surface area (TPSA) is 158 Å². The molecule has 0 bridgehead atoms. The van der Waals surface area contributed by atoms with Crippen molar-refractivity contribution in [1.82, 2.24) is 15.0 Å².